The molecule has 2 unspecified atom stereocenters. The maximum Gasteiger partial charge on any atom is 0.222 e. The van der Waals surface area contributed by atoms with E-state index in [2.05, 4.69) is 10.6 Å². The summed E-state index contributed by atoms with van der Waals surface area (Å²) in [7, 11) is 0. The predicted octanol–water partition coefficient (Wildman–Crippen LogP) is 3.13. The minimum atomic E-state index is -0.323. The minimum absolute atomic E-state index is 0.0718. The summed E-state index contributed by atoms with van der Waals surface area (Å²) >= 11 is 0. The van der Waals surface area contributed by atoms with E-state index in [1.54, 1.807) is 0 Å². The van der Waals surface area contributed by atoms with Gasteiger partial charge in [0.05, 0.1) is 18.5 Å². The molecule has 2 aromatic rings. The lowest BCUT2D eigenvalue weighted by Crippen LogP contribution is -2.33. The zero-order valence-corrected chi connectivity index (χ0v) is 13.5. The number of nitrogens with one attached hydrogen (secondary N) is 2. The van der Waals surface area contributed by atoms with E-state index in [4.69, 9.17) is 0 Å². The van der Waals surface area contributed by atoms with Crippen molar-refractivity contribution < 1.29 is 9.59 Å². The molecule has 2 rings (SSSR count). The Hall–Kier alpha value is -2.62. The molecule has 120 valence electrons. The van der Waals surface area contributed by atoms with E-state index in [0.29, 0.717) is 0 Å². The van der Waals surface area contributed by atoms with Gasteiger partial charge in [-0.3, -0.25) is 9.59 Å². The highest BCUT2D eigenvalue weighted by Crippen LogP contribution is 2.18. The third kappa shape index (κ3) is 5.25. The molecule has 2 amide bonds. The SMILES string of the molecule is CC(=O)NC(CC(=O)NC(C)c1ccccc1)c1ccccc1. The first-order valence-electron chi connectivity index (χ1n) is 7.72. The quantitative estimate of drug-likeness (QED) is 0.861. The van der Waals surface area contributed by atoms with Crippen molar-refractivity contribution in [2.45, 2.75) is 32.4 Å². The van der Waals surface area contributed by atoms with Crippen LogP contribution in [0.25, 0.3) is 0 Å². The lowest BCUT2D eigenvalue weighted by Gasteiger charge is -2.20. The molecule has 0 aromatic heterocycles. The van der Waals surface area contributed by atoms with Gasteiger partial charge in [-0.15, -0.1) is 0 Å². The highest BCUT2D eigenvalue weighted by atomic mass is 16.2. The van der Waals surface area contributed by atoms with Crippen molar-refractivity contribution in [3.05, 3.63) is 71.8 Å². The number of hydrogen-bond donors (Lipinski definition) is 2. The van der Waals surface area contributed by atoms with Crippen LogP contribution in [0.5, 0.6) is 0 Å². The second-order valence-electron chi connectivity index (χ2n) is 5.57. The molecule has 0 saturated carbocycles. The van der Waals surface area contributed by atoms with E-state index < -0.39 is 0 Å². The maximum absolute atomic E-state index is 12.3. The number of carbonyl (C=O) groups excluding carboxylic acids is 2. The van der Waals surface area contributed by atoms with Crippen molar-refractivity contribution in [2.24, 2.45) is 0 Å². The molecular formula is C19H22N2O2. The fraction of sp³-hybridized carbons (Fsp3) is 0.263. The number of benzene rings is 2. The Labute approximate surface area is 136 Å². The van der Waals surface area contributed by atoms with E-state index in [-0.39, 0.29) is 30.3 Å². The van der Waals surface area contributed by atoms with Gasteiger partial charge in [-0.2, -0.15) is 0 Å². The van der Waals surface area contributed by atoms with Gasteiger partial charge >= 0.3 is 0 Å². The molecule has 0 saturated heterocycles. The highest BCUT2D eigenvalue weighted by molar-refractivity contribution is 5.79. The van der Waals surface area contributed by atoms with E-state index in [1.807, 2.05) is 67.6 Å². The summed E-state index contributed by atoms with van der Waals surface area (Å²) in [5.41, 5.74) is 1.97. The van der Waals surface area contributed by atoms with E-state index >= 15 is 0 Å². The van der Waals surface area contributed by atoms with Gasteiger partial charge < -0.3 is 10.6 Å². The van der Waals surface area contributed by atoms with Crippen LogP contribution in [0.2, 0.25) is 0 Å². The van der Waals surface area contributed by atoms with Crippen LogP contribution in [0.15, 0.2) is 60.7 Å². The Bertz CT molecular complexity index is 641. The zero-order chi connectivity index (χ0) is 16.7. The second kappa shape index (κ2) is 8.13. The van der Waals surface area contributed by atoms with Crippen LogP contribution in [0.1, 0.15) is 43.5 Å². The Morgan fingerprint density at radius 3 is 1.91 bits per heavy atom. The monoisotopic (exact) mass is 310 g/mol. The third-order valence-corrected chi connectivity index (χ3v) is 3.65. The number of carbonyl (C=O) groups is 2. The van der Waals surface area contributed by atoms with Gasteiger partial charge in [-0.05, 0) is 18.1 Å². The minimum Gasteiger partial charge on any atom is -0.350 e. The molecule has 2 N–H and O–H groups in total. The summed E-state index contributed by atoms with van der Waals surface area (Å²) in [6.07, 6.45) is 0.209. The summed E-state index contributed by atoms with van der Waals surface area (Å²) in [4.78, 5) is 23.7. The van der Waals surface area contributed by atoms with Crippen molar-refractivity contribution in [3.63, 3.8) is 0 Å². The van der Waals surface area contributed by atoms with Crippen LogP contribution in [0.3, 0.4) is 0 Å². The van der Waals surface area contributed by atoms with Crippen molar-refractivity contribution in [1.29, 1.82) is 0 Å². The van der Waals surface area contributed by atoms with Crippen molar-refractivity contribution in [1.82, 2.24) is 10.6 Å². The number of rotatable bonds is 6. The lowest BCUT2D eigenvalue weighted by molar-refractivity contribution is -0.123. The Morgan fingerprint density at radius 1 is 0.870 bits per heavy atom. The van der Waals surface area contributed by atoms with E-state index in [1.165, 1.54) is 6.92 Å². The molecule has 2 aromatic carbocycles. The third-order valence-electron chi connectivity index (χ3n) is 3.65. The van der Waals surface area contributed by atoms with Crippen LogP contribution < -0.4 is 10.6 Å². The van der Waals surface area contributed by atoms with Gasteiger partial charge in [0.2, 0.25) is 11.8 Å². The smallest absolute Gasteiger partial charge is 0.222 e. The van der Waals surface area contributed by atoms with Crippen molar-refractivity contribution in [2.75, 3.05) is 0 Å². The summed E-state index contributed by atoms with van der Waals surface area (Å²) in [5.74, 6) is -0.244. The molecule has 0 fully saturated rings. The topological polar surface area (TPSA) is 58.2 Å². The molecule has 0 aliphatic rings. The molecule has 0 aliphatic carbocycles. The lowest BCUT2D eigenvalue weighted by atomic mass is 10.0. The standard InChI is InChI=1S/C19H22N2O2/c1-14(16-9-5-3-6-10-16)20-19(23)13-18(21-15(2)22)17-11-7-4-8-12-17/h3-12,14,18H,13H2,1-2H3,(H,20,23)(H,21,22). The predicted molar refractivity (Wildman–Crippen MR) is 90.6 cm³/mol. The first kappa shape index (κ1) is 16.7. The normalized spacial score (nSPS) is 13.0. The Kier molecular flexibility index (Phi) is 5.92. The van der Waals surface area contributed by atoms with Crippen LogP contribution in [0.4, 0.5) is 0 Å². The maximum atomic E-state index is 12.3. The number of hydrogen-bond acceptors (Lipinski definition) is 2. The first-order valence-corrected chi connectivity index (χ1v) is 7.72. The average Bonchev–Trinajstić information content (AvgIpc) is 2.55. The fourth-order valence-corrected chi connectivity index (χ4v) is 2.49. The molecule has 4 nitrogen and oxygen atoms in total. The molecule has 4 heteroatoms. The molecule has 0 bridgehead atoms. The molecule has 0 aliphatic heterocycles. The van der Waals surface area contributed by atoms with Gasteiger partial charge in [0.25, 0.3) is 0 Å². The van der Waals surface area contributed by atoms with Crippen LogP contribution in [-0.4, -0.2) is 11.8 Å². The fourth-order valence-electron chi connectivity index (χ4n) is 2.49. The molecular weight excluding hydrogens is 288 g/mol. The molecule has 0 radical (unpaired) electrons. The zero-order valence-electron chi connectivity index (χ0n) is 13.5. The largest absolute Gasteiger partial charge is 0.350 e. The molecule has 0 spiro atoms. The first-order chi connectivity index (χ1) is 11.1. The Balaban J connectivity index is 2.01. The average molecular weight is 310 g/mol. The van der Waals surface area contributed by atoms with Crippen molar-refractivity contribution >= 4 is 11.8 Å². The summed E-state index contributed by atoms with van der Waals surface area (Å²) in [5, 5.41) is 5.82. The highest BCUT2D eigenvalue weighted by Gasteiger charge is 2.18. The molecule has 0 heterocycles. The summed E-state index contributed by atoms with van der Waals surface area (Å²) in [6.45, 7) is 3.41. The second-order valence-corrected chi connectivity index (χ2v) is 5.57. The van der Waals surface area contributed by atoms with Gasteiger partial charge in [0.15, 0.2) is 0 Å². The van der Waals surface area contributed by atoms with E-state index in [9.17, 15) is 9.59 Å². The van der Waals surface area contributed by atoms with Crippen molar-refractivity contribution in [3.8, 4) is 0 Å². The van der Waals surface area contributed by atoms with Crippen LogP contribution in [0, 0.1) is 0 Å². The molecule has 2 atom stereocenters. The van der Waals surface area contributed by atoms with Gasteiger partial charge in [-0.1, -0.05) is 60.7 Å². The molecule has 23 heavy (non-hydrogen) atoms. The summed E-state index contributed by atoms with van der Waals surface area (Å²) < 4.78 is 0. The van der Waals surface area contributed by atoms with Crippen LogP contribution in [-0.2, 0) is 9.59 Å². The van der Waals surface area contributed by atoms with E-state index in [0.717, 1.165) is 11.1 Å². The van der Waals surface area contributed by atoms with Gasteiger partial charge in [0.1, 0.15) is 0 Å². The van der Waals surface area contributed by atoms with Gasteiger partial charge in [-0.25, -0.2) is 0 Å². The number of amides is 2. The van der Waals surface area contributed by atoms with Crippen LogP contribution >= 0.6 is 0 Å². The summed E-state index contributed by atoms with van der Waals surface area (Å²) in [6, 6.07) is 18.9. The van der Waals surface area contributed by atoms with Gasteiger partial charge in [0, 0.05) is 6.92 Å². The Morgan fingerprint density at radius 2 is 1.39 bits per heavy atom.